The van der Waals surface area contributed by atoms with E-state index in [-0.39, 0.29) is 23.3 Å². The number of ether oxygens (including phenoxy) is 2. The zero-order valence-corrected chi connectivity index (χ0v) is 19.1. The second-order valence-electron chi connectivity index (χ2n) is 7.74. The maximum Gasteiger partial charge on any atom is 0.344 e. The molecule has 0 saturated heterocycles. The normalized spacial score (nSPS) is 11.0. The molecule has 7 nitrogen and oxygen atoms in total. The van der Waals surface area contributed by atoms with Crippen molar-refractivity contribution in [3.63, 3.8) is 0 Å². The molecule has 0 atom stereocenters. The highest BCUT2D eigenvalue weighted by Crippen LogP contribution is 2.31. The van der Waals surface area contributed by atoms with Gasteiger partial charge < -0.3 is 18.3 Å². The number of methoxy groups -OCH3 is 1. The summed E-state index contributed by atoms with van der Waals surface area (Å²) in [6, 6.07) is 19.6. The smallest absolute Gasteiger partial charge is 0.344 e. The average molecular weight is 489 g/mol. The first-order valence-electron chi connectivity index (χ1n) is 10.6. The maximum atomic E-state index is 12.8. The van der Waals surface area contributed by atoms with Crippen molar-refractivity contribution in [3.05, 3.63) is 104 Å². The summed E-state index contributed by atoms with van der Waals surface area (Å²) >= 11 is 5.87. The lowest BCUT2D eigenvalue weighted by Gasteiger charge is -2.09. The quantitative estimate of drug-likeness (QED) is 0.186. The highest BCUT2D eigenvalue weighted by Gasteiger charge is 2.16. The summed E-state index contributed by atoms with van der Waals surface area (Å²) in [6.45, 7) is 0. The molecule has 0 aliphatic carbocycles. The van der Waals surface area contributed by atoms with Crippen LogP contribution in [-0.2, 0) is 11.2 Å². The van der Waals surface area contributed by atoms with Gasteiger partial charge in [-0.3, -0.25) is 4.79 Å². The molecule has 0 unspecified atom stereocenters. The second-order valence-corrected chi connectivity index (χ2v) is 8.18. The van der Waals surface area contributed by atoms with Gasteiger partial charge in [-0.05, 0) is 42.0 Å². The molecule has 0 amide bonds. The van der Waals surface area contributed by atoms with Crippen LogP contribution in [0.2, 0.25) is 5.02 Å². The summed E-state index contributed by atoms with van der Waals surface area (Å²) in [5.74, 6) is 0.134. The van der Waals surface area contributed by atoms with Crippen LogP contribution < -0.4 is 20.7 Å². The van der Waals surface area contributed by atoms with Gasteiger partial charge in [0.2, 0.25) is 0 Å². The molecule has 174 valence electrons. The van der Waals surface area contributed by atoms with E-state index in [1.807, 2.05) is 0 Å². The van der Waals surface area contributed by atoms with E-state index in [4.69, 9.17) is 29.9 Å². The number of rotatable bonds is 5. The largest absolute Gasteiger partial charge is 0.493 e. The van der Waals surface area contributed by atoms with Gasteiger partial charge in [0.15, 0.2) is 11.3 Å². The van der Waals surface area contributed by atoms with Gasteiger partial charge in [-0.1, -0.05) is 35.9 Å². The first kappa shape index (κ1) is 22.4. The van der Waals surface area contributed by atoms with Gasteiger partial charge in [0.25, 0.3) is 0 Å². The lowest BCUT2D eigenvalue weighted by atomic mass is 10.0. The van der Waals surface area contributed by atoms with Crippen LogP contribution in [0, 0.1) is 0 Å². The van der Waals surface area contributed by atoms with Crippen LogP contribution in [0.25, 0.3) is 33.1 Å². The molecule has 0 bridgehead atoms. The third-order valence-corrected chi connectivity index (χ3v) is 5.70. The van der Waals surface area contributed by atoms with E-state index in [0.29, 0.717) is 32.7 Å². The van der Waals surface area contributed by atoms with E-state index in [1.54, 1.807) is 60.7 Å². The number of para-hydroxylation sites is 1. The molecule has 2 heterocycles. The molecule has 0 saturated carbocycles. The zero-order chi connectivity index (χ0) is 24.5. The van der Waals surface area contributed by atoms with Crippen LogP contribution >= 0.6 is 11.6 Å². The van der Waals surface area contributed by atoms with E-state index in [2.05, 4.69) is 0 Å². The van der Waals surface area contributed by atoms with E-state index in [1.165, 1.54) is 19.2 Å². The monoisotopic (exact) mass is 488 g/mol. The van der Waals surface area contributed by atoms with E-state index in [9.17, 15) is 14.4 Å². The summed E-state index contributed by atoms with van der Waals surface area (Å²) in [5, 5.41) is 1.69. The third-order valence-electron chi connectivity index (χ3n) is 5.44. The number of halogens is 1. The van der Waals surface area contributed by atoms with Gasteiger partial charge >= 0.3 is 17.2 Å². The summed E-state index contributed by atoms with van der Waals surface area (Å²) in [7, 11) is 1.48. The minimum absolute atomic E-state index is 0.0425. The lowest BCUT2D eigenvalue weighted by molar-refractivity contribution is -0.133. The Hall–Kier alpha value is -4.36. The van der Waals surface area contributed by atoms with Gasteiger partial charge in [0.05, 0.1) is 19.1 Å². The fourth-order valence-electron chi connectivity index (χ4n) is 3.83. The highest BCUT2D eigenvalue weighted by molar-refractivity contribution is 6.30. The topological polar surface area (TPSA) is 96.0 Å². The molecular formula is C27H17ClO7. The fourth-order valence-corrected chi connectivity index (χ4v) is 3.96. The molecule has 0 aliphatic rings. The Balaban J connectivity index is 1.52. The van der Waals surface area contributed by atoms with Crippen molar-refractivity contribution in [2.75, 3.05) is 7.11 Å². The number of hydrogen-bond donors (Lipinski definition) is 0. The molecule has 0 spiro atoms. The number of hydrogen-bond acceptors (Lipinski definition) is 7. The van der Waals surface area contributed by atoms with Crippen molar-refractivity contribution in [1.29, 1.82) is 0 Å². The predicted octanol–water partition coefficient (Wildman–Crippen LogP) is 5.38. The van der Waals surface area contributed by atoms with Crippen LogP contribution in [0.15, 0.2) is 91.2 Å². The third kappa shape index (κ3) is 4.54. The fraction of sp³-hybridized carbons (Fsp3) is 0.0741. The van der Waals surface area contributed by atoms with Gasteiger partial charge in [0, 0.05) is 33.5 Å². The van der Waals surface area contributed by atoms with Gasteiger partial charge in [-0.2, -0.15) is 0 Å². The van der Waals surface area contributed by atoms with Crippen molar-refractivity contribution in [3.8, 4) is 22.6 Å². The maximum absolute atomic E-state index is 12.8. The van der Waals surface area contributed by atoms with Crippen molar-refractivity contribution >= 4 is 39.5 Å². The molecule has 2 aromatic heterocycles. The van der Waals surface area contributed by atoms with Crippen molar-refractivity contribution in [2.45, 2.75) is 6.42 Å². The standard InChI is InChI=1S/C27H17ClO7/c1-32-22-4-2-3-16-12-21(27(31)35-26(16)22)20-14-25(30)34-23-13-18(9-10-19(20)23)33-24(29)11-15-5-7-17(28)8-6-15/h2-10,12-14H,11H2,1H3. The Bertz CT molecular complexity index is 1700. The predicted molar refractivity (Wildman–Crippen MR) is 131 cm³/mol. The molecule has 5 rings (SSSR count). The summed E-state index contributed by atoms with van der Waals surface area (Å²) < 4.78 is 21.5. The minimum atomic E-state index is -0.665. The SMILES string of the molecule is COc1cccc2cc(-c3cc(=O)oc4cc(OC(=O)Cc5ccc(Cl)cc5)ccc34)c(=O)oc12. The van der Waals surface area contributed by atoms with E-state index in [0.717, 1.165) is 5.56 Å². The van der Waals surface area contributed by atoms with Crippen molar-refractivity contribution in [2.24, 2.45) is 0 Å². The Labute approximate surface area is 203 Å². The minimum Gasteiger partial charge on any atom is -0.493 e. The Morgan fingerprint density at radius 3 is 2.49 bits per heavy atom. The molecule has 5 aromatic rings. The molecule has 0 N–H and O–H groups in total. The second kappa shape index (κ2) is 9.12. The zero-order valence-electron chi connectivity index (χ0n) is 18.4. The molecule has 3 aromatic carbocycles. The number of fused-ring (bicyclic) bond motifs is 2. The molecule has 0 radical (unpaired) electrons. The summed E-state index contributed by atoms with van der Waals surface area (Å²) in [5.41, 5.74) is 0.452. The Morgan fingerprint density at radius 1 is 0.914 bits per heavy atom. The molecular weight excluding hydrogens is 472 g/mol. The van der Waals surface area contributed by atoms with Crippen LogP contribution in [0.3, 0.4) is 0 Å². The molecule has 8 heteroatoms. The molecule has 0 aliphatic heterocycles. The summed E-state index contributed by atoms with van der Waals surface area (Å²) in [6.07, 6.45) is 0.0425. The van der Waals surface area contributed by atoms with E-state index < -0.39 is 17.2 Å². The molecule has 35 heavy (non-hydrogen) atoms. The number of carbonyl (C=O) groups is 1. The van der Waals surface area contributed by atoms with Crippen molar-refractivity contribution < 1.29 is 23.1 Å². The van der Waals surface area contributed by atoms with Crippen LogP contribution in [-0.4, -0.2) is 13.1 Å². The van der Waals surface area contributed by atoms with Gasteiger partial charge in [-0.15, -0.1) is 0 Å². The van der Waals surface area contributed by atoms with Gasteiger partial charge in [-0.25, -0.2) is 9.59 Å². The lowest BCUT2D eigenvalue weighted by Crippen LogP contribution is -2.11. The number of carbonyl (C=O) groups excluding carboxylic acids is 1. The van der Waals surface area contributed by atoms with E-state index >= 15 is 0 Å². The number of benzene rings is 3. The average Bonchev–Trinajstić information content (AvgIpc) is 2.84. The number of esters is 1. The summed E-state index contributed by atoms with van der Waals surface area (Å²) in [4.78, 5) is 37.5. The molecule has 0 fully saturated rings. The Morgan fingerprint density at radius 2 is 1.71 bits per heavy atom. The highest BCUT2D eigenvalue weighted by atomic mass is 35.5. The van der Waals surface area contributed by atoms with Crippen LogP contribution in [0.4, 0.5) is 0 Å². The first-order chi connectivity index (χ1) is 16.9. The van der Waals surface area contributed by atoms with Gasteiger partial charge in [0.1, 0.15) is 11.3 Å². The van der Waals surface area contributed by atoms with Crippen LogP contribution in [0.5, 0.6) is 11.5 Å². The Kier molecular flexibility index (Phi) is 5.84. The first-order valence-corrected chi connectivity index (χ1v) is 10.9. The van der Waals surface area contributed by atoms with Crippen molar-refractivity contribution in [1.82, 2.24) is 0 Å². The van der Waals surface area contributed by atoms with Crippen LogP contribution in [0.1, 0.15) is 5.56 Å².